The number of carbonyl (C=O) groups excluding carboxylic acids is 3. The normalized spacial score (nSPS) is 19.1. The van der Waals surface area contributed by atoms with Crippen LogP contribution in [0.5, 0.6) is 0 Å². The fourth-order valence-electron chi connectivity index (χ4n) is 6.04. The summed E-state index contributed by atoms with van der Waals surface area (Å²) in [5.74, 6) is -2.16. The molecule has 4 aromatic carbocycles. The third kappa shape index (κ3) is 4.80. The Labute approximate surface area is 261 Å². The lowest BCUT2D eigenvalue weighted by molar-refractivity contribution is -0.122. The predicted octanol–water partition coefficient (Wildman–Crippen LogP) is 5.56. The maximum Gasteiger partial charge on any atom is 0.308 e. The molecular formula is C34H28N4O4S2. The van der Waals surface area contributed by atoms with E-state index in [0.717, 1.165) is 33.4 Å². The molecule has 44 heavy (non-hydrogen) atoms. The van der Waals surface area contributed by atoms with Gasteiger partial charge in [-0.3, -0.25) is 23.7 Å². The Morgan fingerprint density at radius 3 is 2.27 bits per heavy atom. The molecule has 1 aromatic heterocycles. The Bertz CT molecular complexity index is 1980. The van der Waals surface area contributed by atoms with Crippen LogP contribution >= 0.6 is 23.1 Å². The van der Waals surface area contributed by atoms with E-state index in [0.29, 0.717) is 21.3 Å². The smallest absolute Gasteiger partial charge is 0.308 e. The average molecular weight is 621 g/mol. The van der Waals surface area contributed by atoms with Gasteiger partial charge in [0.25, 0.3) is 0 Å². The Morgan fingerprint density at radius 2 is 1.55 bits per heavy atom. The minimum absolute atomic E-state index is 0.210. The molecule has 8 nitrogen and oxygen atoms in total. The number of amides is 3. The summed E-state index contributed by atoms with van der Waals surface area (Å²) >= 11 is 2.26. The van der Waals surface area contributed by atoms with Crippen molar-refractivity contribution in [2.45, 2.75) is 22.7 Å². The van der Waals surface area contributed by atoms with E-state index in [2.05, 4.69) is 5.32 Å². The van der Waals surface area contributed by atoms with Crippen molar-refractivity contribution in [3.05, 3.63) is 117 Å². The number of nitrogens with one attached hydrogen (secondary N) is 1. The molecule has 1 fully saturated rings. The van der Waals surface area contributed by atoms with Gasteiger partial charge in [-0.05, 0) is 52.7 Å². The summed E-state index contributed by atoms with van der Waals surface area (Å²) in [4.78, 5) is 58.3. The number of fused-ring (bicyclic) bond motifs is 3. The van der Waals surface area contributed by atoms with E-state index in [-0.39, 0.29) is 29.1 Å². The summed E-state index contributed by atoms with van der Waals surface area (Å²) < 4.78 is 1.45. The number of para-hydroxylation sites is 1. The topological polar surface area (TPSA) is 91.7 Å². The highest BCUT2D eigenvalue weighted by atomic mass is 32.2. The molecule has 2 aliphatic heterocycles. The van der Waals surface area contributed by atoms with E-state index < -0.39 is 17.1 Å². The molecule has 3 heterocycles. The third-order valence-electron chi connectivity index (χ3n) is 8.17. The molecule has 3 amide bonds. The third-order valence-corrected chi connectivity index (χ3v) is 10.8. The fraction of sp³-hybridized carbons (Fsp3) is 0.176. The molecule has 0 aliphatic carbocycles. The van der Waals surface area contributed by atoms with E-state index >= 15 is 0 Å². The minimum Gasteiger partial charge on any atom is -0.378 e. The number of rotatable bonds is 6. The fourth-order valence-corrected chi connectivity index (χ4v) is 8.81. The molecule has 220 valence electrons. The van der Waals surface area contributed by atoms with Gasteiger partial charge < -0.3 is 10.2 Å². The van der Waals surface area contributed by atoms with Gasteiger partial charge in [-0.25, -0.2) is 4.90 Å². The summed E-state index contributed by atoms with van der Waals surface area (Å²) in [5.41, 5.74) is 2.99. The molecule has 3 unspecified atom stereocenters. The van der Waals surface area contributed by atoms with Crippen molar-refractivity contribution in [2.75, 3.05) is 29.2 Å². The van der Waals surface area contributed by atoms with Crippen LogP contribution in [0.4, 0.5) is 17.1 Å². The number of hydrogen-bond donors (Lipinski definition) is 1. The van der Waals surface area contributed by atoms with Crippen LogP contribution in [0.15, 0.2) is 107 Å². The Balaban J connectivity index is 1.26. The van der Waals surface area contributed by atoms with Gasteiger partial charge in [-0.1, -0.05) is 83.8 Å². The van der Waals surface area contributed by atoms with Crippen molar-refractivity contribution < 1.29 is 14.4 Å². The number of imide groups is 1. The first-order chi connectivity index (χ1) is 21.3. The highest BCUT2D eigenvalue weighted by Crippen LogP contribution is 2.54. The van der Waals surface area contributed by atoms with Crippen LogP contribution < -0.4 is 20.0 Å². The second-order valence-corrected chi connectivity index (χ2v) is 13.2. The lowest BCUT2D eigenvalue weighted by Gasteiger charge is -2.31. The molecule has 3 atom stereocenters. The zero-order chi connectivity index (χ0) is 30.5. The molecule has 0 radical (unpaired) electrons. The standard InChI is InChI=1S/C34H28N4O4S2/c1-36(2)24-16-13-21(14-17-24)27-28-29(32(41)38(31(28)40)25-10-4-3-5-11-25)43-33-30(27)44-34(42)37(33)19-26(39)35-23-15-12-20-8-6-7-9-22(20)18-23/h3-18,27-29H,19H2,1-2H3,(H,35,39). The van der Waals surface area contributed by atoms with Crippen LogP contribution in [0.1, 0.15) is 16.4 Å². The van der Waals surface area contributed by atoms with E-state index in [9.17, 15) is 19.2 Å². The summed E-state index contributed by atoms with van der Waals surface area (Å²) in [6.45, 7) is -0.210. The molecule has 0 bridgehead atoms. The van der Waals surface area contributed by atoms with Gasteiger partial charge in [-0.15, -0.1) is 0 Å². The monoisotopic (exact) mass is 620 g/mol. The number of thioether (sulfide) groups is 1. The van der Waals surface area contributed by atoms with Crippen LogP contribution in [-0.2, 0) is 20.9 Å². The van der Waals surface area contributed by atoms with E-state index in [1.165, 1.54) is 21.2 Å². The van der Waals surface area contributed by atoms with E-state index in [4.69, 9.17) is 0 Å². The molecule has 5 aromatic rings. The van der Waals surface area contributed by atoms with Crippen molar-refractivity contribution in [3.63, 3.8) is 0 Å². The van der Waals surface area contributed by atoms with Crippen molar-refractivity contribution in [1.29, 1.82) is 0 Å². The Morgan fingerprint density at radius 1 is 0.841 bits per heavy atom. The van der Waals surface area contributed by atoms with Crippen LogP contribution in [0, 0.1) is 5.92 Å². The number of hydrogen-bond acceptors (Lipinski definition) is 7. The molecule has 0 saturated carbocycles. The minimum atomic E-state index is -0.738. The van der Waals surface area contributed by atoms with E-state index in [1.54, 1.807) is 24.3 Å². The van der Waals surface area contributed by atoms with Crippen LogP contribution in [0.2, 0.25) is 0 Å². The lowest BCUT2D eigenvalue weighted by Crippen LogP contribution is -2.33. The van der Waals surface area contributed by atoms with Gasteiger partial charge >= 0.3 is 4.87 Å². The Hall–Kier alpha value is -4.67. The largest absolute Gasteiger partial charge is 0.378 e. The van der Waals surface area contributed by atoms with Crippen molar-refractivity contribution >= 4 is 68.7 Å². The van der Waals surface area contributed by atoms with Gasteiger partial charge in [-0.2, -0.15) is 0 Å². The molecule has 7 rings (SSSR count). The summed E-state index contributed by atoms with van der Waals surface area (Å²) in [6, 6.07) is 30.3. The quantitative estimate of drug-likeness (QED) is 0.250. The maximum absolute atomic E-state index is 14.0. The first kappa shape index (κ1) is 28.1. The molecule has 1 N–H and O–H groups in total. The number of nitrogens with zero attached hydrogens (tertiary/aromatic N) is 3. The summed E-state index contributed by atoms with van der Waals surface area (Å²) in [5, 5.41) is 4.80. The van der Waals surface area contributed by atoms with Crippen molar-refractivity contribution in [2.24, 2.45) is 5.92 Å². The zero-order valence-electron chi connectivity index (χ0n) is 24.0. The van der Waals surface area contributed by atoms with E-state index in [1.807, 2.05) is 91.8 Å². The summed E-state index contributed by atoms with van der Waals surface area (Å²) in [7, 11) is 3.90. The van der Waals surface area contributed by atoms with Crippen LogP contribution in [0.3, 0.4) is 0 Å². The molecule has 0 spiro atoms. The number of aromatic nitrogens is 1. The Kier molecular flexibility index (Phi) is 7.10. The SMILES string of the molecule is CN(C)c1ccc(C2c3sc(=O)n(CC(=O)Nc4ccc5ccccc5c4)c3SC3C(=O)N(c4ccccc4)C(=O)C32)cc1. The van der Waals surface area contributed by atoms with Crippen molar-refractivity contribution in [3.8, 4) is 0 Å². The van der Waals surface area contributed by atoms with Crippen molar-refractivity contribution in [1.82, 2.24) is 4.57 Å². The first-order valence-electron chi connectivity index (χ1n) is 14.2. The lowest BCUT2D eigenvalue weighted by atomic mass is 9.83. The molecular weight excluding hydrogens is 593 g/mol. The maximum atomic E-state index is 14.0. The molecule has 2 aliphatic rings. The number of anilines is 3. The summed E-state index contributed by atoms with van der Waals surface area (Å²) in [6.07, 6.45) is 0. The average Bonchev–Trinajstić information content (AvgIpc) is 3.47. The predicted molar refractivity (Wildman–Crippen MR) is 176 cm³/mol. The van der Waals surface area contributed by atoms with Gasteiger partial charge in [0.05, 0.1) is 16.6 Å². The number of carbonyl (C=O) groups is 3. The zero-order valence-corrected chi connectivity index (χ0v) is 25.6. The van der Waals surface area contributed by atoms with Crippen LogP contribution in [0.25, 0.3) is 10.8 Å². The van der Waals surface area contributed by atoms with Gasteiger partial charge in [0.1, 0.15) is 11.8 Å². The molecule has 10 heteroatoms. The van der Waals surface area contributed by atoms with Crippen LogP contribution in [-0.4, -0.2) is 41.6 Å². The highest BCUT2D eigenvalue weighted by Gasteiger charge is 2.56. The second-order valence-electron chi connectivity index (χ2n) is 11.1. The van der Waals surface area contributed by atoms with Gasteiger partial charge in [0.15, 0.2) is 0 Å². The first-order valence-corrected chi connectivity index (χ1v) is 15.9. The van der Waals surface area contributed by atoms with Gasteiger partial charge in [0.2, 0.25) is 17.7 Å². The number of benzene rings is 4. The molecule has 1 saturated heterocycles. The number of thiazole rings is 1. The highest BCUT2D eigenvalue weighted by molar-refractivity contribution is 8.00. The van der Waals surface area contributed by atoms with Gasteiger partial charge in [0, 0.05) is 36.3 Å². The second kappa shape index (κ2) is 11.1.